The molecule has 0 spiro atoms. The monoisotopic (exact) mass is 381 g/mol. The molecule has 3 heterocycles. The summed E-state index contributed by atoms with van der Waals surface area (Å²) in [6.45, 7) is 1.87. The number of nitrogens with zero attached hydrogens (tertiary/aromatic N) is 2. The highest BCUT2D eigenvalue weighted by Gasteiger charge is 2.31. The molecule has 1 N–H and O–H groups in total. The summed E-state index contributed by atoms with van der Waals surface area (Å²) < 4.78 is 12.4. The van der Waals surface area contributed by atoms with Gasteiger partial charge in [0.1, 0.15) is 13.2 Å². The van der Waals surface area contributed by atoms with Gasteiger partial charge < -0.3 is 14.4 Å². The molecule has 2 aromatic carbocycles. The zero-order valence-corrected chi connectivity index (χ0v) is 15.5. The molecule has 138 valence electrons. The van der Waals surface area contributed by atoms with E-state index in [0.29, 0.717) is 18.3 Å². The number of carbonyl (C=O) groups is 1. The van der Waals surface area contributed by atoms with Gasteiger partial charge in [0.2, 0.25) is 0 Å². The fourth-order valence-corrected chi connectivity index (χ4v) is 4.57. The normalized spacial score (nSPS) is 18.7. The van der Waals surface area contributed by atoms with Gasteiger partial charge in [-0.25, -0.2) is 9.78 Å². The predicted octanol–water partition coefficient (Wildman–Crippen LogP) is 4.44. The minimum Gasteiger partial charge on any atom is -0.486 e. The van der Waals surface area contributed by atoms with Crippen molar-refractivity contribution in [3.63, 3.8) is 0 Å². The van der Waals surface area contributed by atoms with E-state index in [9.17, 15) is 4.79 Å². The largest absolute Gasteiger partial charge is 0.486 e. The first-order valence-electron chi connectivity index (χ1n) is 9.11. The van der Waals surface area contributed by atoms with Crippen molar-refractivity contribution < 1.29 is 14.3 Å². The first-order chi connectivity index (χ1) is 13.3. The maximum Gasteiger partial charge on any atom is 0.324 e. The van der Waals surface area contributed by atoms with Crippen molar-refractivity contribution in [2.45, 2.75) is 18.9 Å². The summed E-state index contributed by atoms with van der Waals surface area (Å²) in [5.74, 6) is 1.53. The van der Waals surface area contributed by atoms with Gasteiger partial charge in [0.15, 0.2) is 16.6 Å². The number of ether oxygens (including phenoxy) is 2. The lowest BCUT2D eigenvalue weighted by atomic mass is 10.0. The van der Waals surface area contributed by atoms with Gasteiger partial charge in [0.25, 0.3) is 0 Å². The van der Waals surface area contributed by atoms with E-state index in [1.54, 1.807) is 0 Å². The highest BCUT2D eigenvalue weighted by molar-refractivity contribution is 7.22. The van der Waals surface area contributed by atoms with Crippen molar-refractivity contribution in [3.8, 4) is 11.5 Å². The smallest absolute Gasteiger partial charge is 0.324 e. The quantitative estimate of drug-likeness (QED) is 0.713. The summed E-state index contributed by atoms with van der Waals surface area (Å²) in [6, 6.07) is 13.8. The van der Waals surface area contributed by atoms with Crippen LogP contribution < -0.4 is 14.8 Å². The number of anilines is 1. The molecule has 1 unspecified atom stereocenters. The lowest BCUT2D eigenvalue weighted by Gasteiger charge is -2.26. The van der Waals surface area contributed by atoms with E-state index in [4.69, 9.17) is 9.47 Å². The van der Waals surface area contributed by atoms with Gasteiger partial charge in [-0.2, -0.15) is 0 Å². The van der Waals surface area contributed by atoms with Crippen LogP contribution in [0.1, 0.15) is 24.4 Å². The Balaban J connectivity index is 1.36. The van der Waals surface area contributed by atoms with Crippen LogP contribution in [-0.2, 0) is 0 Å². The molecule has 1 fully saturated rings. The summed E-state index contributed by atoms with van der Waals surface area (Å²) in [7, 11) is 0. The molecule has 0 saturated carbocycles. The third-order valence-electron chi connectivity index (χ3n) is 4.97. The van der Waals surface area contributed by atoms with Crippen LogP contribution in [0.4, 0.5) is 9.93 Å². The molecule has 1 atom stereocenters. The molecule has 2 amide bonds. The maximum atomic E-state index is 12.9. The van der Waals surface area contributed by atoms with E-state index >= 15 is 0 Å². The lowest BCUT2D eigenvalue weighted by Crippen LogP contribution is -2.34. The van der Waals surface area contributed by atoms with Gasteiger partial charge in [-0.1, -0.05) is 29.5 Å². The average Bonchev–Trinajstić information content (AvgIpc) is 3.34. The molecule has 5 rings (SSSR count). The Hall–Kier alpha value is -2.80. The van der Waals surface area contributed by atoms with E-state index in [1.807, 2.05) is 47.4 Å². The Morgan fingerprint density at radius 1 is 1.15 bits per heavy atom. The van der Waals surface area contributed by atoms with Crippen molar-refractivity contribution in [2.24, 2.45) is 0 Å². The zero-order chi connectivity index (χ0) is 18.2. The van der Waals surface area contributed by atoms with Crippen LogP contribution in [0.5, 0.6) is 11.5 Å². The minimum absolute atomic E-state index is 0.0372. The summed E-state index contributed by atoms with van der Waals surface area (Å²) in [5.41, 5.74) is 1.99. The number of nitrogens with one attached hydrogen (secondary N) is 1. The van der Waals surface area contributed by atoms with Crippen LogP contribution >= 0.6 is 11.3 Å². The molecule has 3 aromatic rings. The van der Waals surface area contributed by atoms with Crippen LogP contribution in [-0.4, -0.2) is 35.7 Å². The lowest BCUT2D eigenvalue weighted by molar-refractivity contribution is 0.170. The molecular weight excluding hydrogens is 362 g/mol. The fraction of sp³-hybridized carbons (Fsp3) is 0.300. The van der Waals surface area contributed by atoms with Crippen molar-refractivity contribution in [3.05, 3.63) is 48.0 Å². The van der Waals surface area contributed by atoms with Crippen LogP contribution in [0.25, 0.3) is 10.2 Å². The van der Waals surface area contributed by atoms with E-state index in [2.05, 4.69) is 10.3 Å². The zero-order valence-electron chi connectivity index (χ0n) is 14.7. The molecule has 7 heteroatoms. The van der Waals surface area contributed by atoms with Crippen LogP contribution in [0.15, 0.2) is 42.5 Å². The summed E-state index contributed by atoms with van der Waals surface area (Å²) in [6.07, 6.45) is 1.92. The third kappa shape index (κ3) is 3.08. The number of urea groups is 1. The van der Waals surface area contributed by atoms with Crippen molar-refractivity contribution in [1.82, 2.24) is 9.88 Å². The predicted molar refractivity (Wildman–Crippen MR) is 105 cm³/mol. The number of aromatic nitrogens is 1. The second kappa shape index (κ2) is 6.74. The van der Waals surface area contributed by atoms with E-state index in [0.717, 1.165) is 46.7 Å². The van der Waals surface area contributed by atoms with E-state index in [-0.39, 0.29) is 12.1 Å². The number of likely N-dealkylation sites (tertiary alicyclic amines) is 1. The Labute approximate surface area is 160 Å². The topological polar surface area (TPSA) is 63.7 Å². The van der Waals surface area contributed by atoms with E-state index in [1.165, 1.54) is 11.3 Å². The molecule has 0 aliphatic carbocycles. The van der Waals surface area contributed by atoms with Crippen molar-refractivity contribution in [2.75, 3.05) is 25.1 Å². The highest BCUT2D eigenvalue weighted by Crippen LogP contribution is 2.38. The number of carbonyl (C=O) groups excluding carboxylic acids is 1. The Morgan fingerprint density at radius 3 is 2.89 bits per heavy atom. The number of amides is 2. The van der Waals surface area contributed by atoms with Crippen LogP contribution in [0.2, 0.25) is 0 Å². The molecule has 6 nitrogen and oxygen atoms in total. The van der Waals surface area contributed by atoms with Gasteiger partial charge in [-0.15, -0.1) is 0 Å². The fourth-order valence-electron chi connectivity index (χ4n) is 3.71. The molecule has 0 radical (unpaired) electrons. The van der Waals surface area contributed by atoms with Crippen LogP contribution in [0.3, 0.4) is 0 Å². The number of thiazole rings is 1. The number of para-hydroxylation sites is 1. The van der Waals surface area contributed by atoms with Gasteiger partial charge >= 0.3 is 6.03 Å². The van der Waals surface area contributed by atoms with Crippen molar-refractivity contribution in [1.29, 1.82) is 0 Å². The molecule has 2 aliphatic heterocycles. The number of hydrogen-bond donors (Lipinski definition) is 1. The Morgan fingerprint density at radius 2 is 2.00 bits per heavy atom. The second-order valence-corrected chi connectivity index (χ2v) is 7.70. The molecule has 2 aliphatic rings. The van der Waals surface area contributed by atoms with Gasteiger partial charge in [-0.05, 0) is 42.7 Å². The second-order valence-electron chi connectivity index (χ2n) is 6.67. The molecule has 1 saturated heterocycles. The minimum atomic E-state index is -0.105. The van der Waals surface area contributed by atoms with Gasteiger partial charge in [-0.3, -0.25) is 5.32 Å². The standard InChI is InChI=1S/C20H19N3O3S/c24-20(22-19-21-14-4-1-2-6-18(14)27-19)23-9-3-5-15(23)13-7-8-16-17(12-13)26-11-10-25-16/h1-2,4,6-8,12,15H,3,5,9-11H2,(H,21,22,24). The average molecular weight is 381 g/mol. The van der Waals surface area contributed by atoms with Crippen molar-refractivity contribution >= 4 is 32.7 Å². The number of fused-ring (bicyclic) bond motifs is 2. The van der Waals surface area contributed by atoms with Gasteiger partial charge in [0.05, 0.1) is 16.3 Å². The molecule has 0 bridgehead atoms. The molecule has 27 heavy (non-hydrogen) atoms. The third-order valence-corrected chi connectivity index (χ3v) is 5.92. The number of benzene rings is 2. The first kappa shape index (κ1) is 16.4. The summed E-state index contributed by atoms with van der Waals surface area (Å²) in [4.78, 5) is 19.3. The van der Waals surface area contributed by atoms with Crippen LogP contribution in [0, 0.1) is 0 Å². The Bertz CT molecular complexity index is 970. The maximum absolute atomic E-state index is 12.9. The summed E-state index contributed by atoms with van der Waals surface area (Å²) in [5, 5.41) is 3.61. The molecule has 1 aromatic heterocycles. The van der Waals surface area contributed by atoms with E-state index < -0.39 is 0 Å². The summed E-state index contributed by atoms with van der Waals surface area (Å²) >= 11 is 1.49. The molecular formula is C20H19N3O3S. The number of rotatable bonds is 2. The van der Waals surface area contributed by atoms with Gasteiger partial charge in [0, 0.05) is 6.54 Å². The SMILES string of the molecule is O=C(Nc1nc2ccccc2s1)N1CCCC1c1ccc2c(c1)OCCO2. The Kier molecular flexibility index (Phi) is 4.09. The first-order valence-corrected chi connectivity index (χ1v) is 9.92. The number of hydrogen-bond acceptors (Lipinski definition) is 5. The highest BCUT2D eigenvalue weighted by atomic mass is 32.1.